The highest BCUT2D eigenvalue weighted by molar-refractivity contribution is 8.03. The first-order chi connectivity index (χ1) is 15.7. The van der Waals surface area contributed by atoms with Crippen molar-refractivity contribution in [3.8, 4) is 0 Å². The van der Waals surface area contributed by atoms with E-state index in [-0.39, 0.29) is 0 Å². The van der Waals surface area contributed by atoms with Gasteiger partial charge in [0, 0.05) is 13.1 Å². The lowest BCUT2D eigenvalue weighted by Gasteiger charge is -2.34. The predicted octanol–water partition coefficient (Wildman–Crippen LogP) is 6.68. The molecule has 1 aromatic carbocycles. The minimum absolute atomic E-state index is 0.294. The monoisotopic (exact) mass is 485 g/mol. The summed E-state index contributed by atoms with van der Waals surface area (Å²) in [5.41, 5.74) is -0.829. The number of allylic oxidation sites excluding steroid dienone is 1. The lowest BCUT2D eigenvalue weighted by Crippen LogP contribution is -2.33. The fraction of sp³-hybridized carbons (Fsp3) is 0.542. The van der Waals surface area contributed by atoms with Crippen molar-refractivity contribution in [1.29, 1.82) is 0 Å². The van der Waals surface area contributed by atoms with Crippen LogP contribution in [0.25, 0.3) is 0 Å². The second-order valence-corrected chi connectivity index (χ2v) is 10.1. The molecule has 2 bridgehead atoms. The Bertz CT molecular complexity index is 946. The van der Waals surface area contributed by atoms with Gasteiger partial charge in [-0.1, -0.05) is 18.6 Å². The first-order valence-electron chi connectivity index (χ1n) is 11.3. The molecule has 3 aliphatic rings. The number of nitrogens with zero attached hydrogens (tertiary/aromatic N) is 1. The quantitative estimate of drug-likeness (QED) is 0.253. The molecule has 1 aromatic rings. The number of carbonyl (C=O) groups is 1. The van der Waals surface area contributed by atoms with Gasteiger partial charge < -0.3 is 14.7 Å². The van der Waals surface area contributed by atoms with E-state index in [2.05, 4.69) is 4.90 Å². The number of hydrogen-bond donors (Lipinski definition) is 1. The molecule has 1 N–H and O–H groups in total. The molecular weight excluding hydrogens is 458 g/mol. The number of fused-ring (bicyclic) bond motifs is 2. The van der Waals surface area contributed by atoms with Crippen LogP contribution in [-0.4, -0.2) is 35.0 Å². The number of ether oxygens (including phenoxy) is 1. The average molecular weight is 486 g/mol. The summed E-state index contributed by atoms with van der Waals surface area (Å²) in [7, 11) is 0. The van der Waals surface area contributed by atoms with Crippen LogP contribution in [0.15, 0.2) is 41.1 Å². The molecule has 4 nitrogen and oxygen atoms in total. The highest BCUT2D eigenvalue weighted by atomic mass is 32.2. The molecule has 3 atom stereocenters. The Morgan fingerprint density at radius 3 is 2.73 bits per heavy atom. The van der Waals surface area contributed by atoms with Crippen molar-refractivity contribution in [2.45, 2.75) is 44.7 Å². The van der Waals surface area contributed by atoms with Crippen molar-refractivity contribution in [1.82, 2.24) is 4.90 Å². The smallest absolute Gasteiger partial charge is 0.449 e. The molecule has 0 spiro atoms. The summed E-state index contributed by atoms with van der Waals surface area (Å²) in [6, 6.07) is 3.09. The van der Waals surface area contributed by atoms with Crippen molar-refractivity contribution < 1.29 is 32.2 Å². The summed E-state index contributed by atoms with van der Waals surface area (Å²) in [6.45, 7) is 1.53. The van der Waals surface area contributed by atoms with E-state index < -0.39 is 23.7 Å². The molecule has 9 heteroatoms. The number of alkyl halides is 3. The van der Waals surface area contributed by atoms with Gasteiger partial charge in [0.1, 0.15) is 10.8 Å². The third kappa shape index (κ3) is 5.86. The van der Waals surface area contributed by atoms with Crippen LogP contribution < -0.4 is 0 Å². The van der Waals surface area contributed by atoms with Crippen LogP contribution in [-0.2, 0) is 17.3 Å². The first-order valence-corrected chi connectivity index (χ1v) is 12.2. The molecule has 2 saturated carbocycles. The Kier molecular flexibility index (Phi) is 7.26. The molecule has 33 heavy (non-hydrogen) atoms. The average Bonchev–Trinajstić information content (AvgIpc) is 3.36. The Balaban J connectivity index is 1.39. The lowest BCUT2D eigenvalue weighted by molar-refractivity contribution is -0.140. The highest BCUT2D eigenvalue weighted by Gasteiger charge is 2.40. The van der Waals surface area contributed by atoms with Crippen molar-refractivity contribution in [2.75, 3.05) is 18.8 Å². The van der Waals surface area contributed by atoms with Crippen molar-refractivity contribution in [3.63, 3.8) is 0 Å². The van der Waals surface area contributed by atoms with E-state index >= 15 is 0 Å². The molecule has 3 unspecified atom stereocenters. The second kappa shape index (κ2) is 9.99. The Morgan fingerprint density at radius 2 is 2.06 bits per heavy atom. The number of halogens is 4. The molecule has 2 aliphatic carbocycles. The van der Waals surface area contributed by atoms with Crippen LogP contribution in [0.4, 0.5) is 22.4 Å². The summed E-state index contributed by atoms with van der Waals surface area (Å²) in [4.78, 5) is 13.4. The van der Waals surface area contributed by atoms with E-state index in [1.165, 1.54) is 43.5 Å². The number of hydrogen-bond acceptors (Lipinski definition) is 4. The standard InChI is InChI=1S/C24H27F4NO3S/c25-20-8-6-15(13-19(20)24(26,27)28)3-2-10-33-22-21(32-23(30)31)4-1-9-29(22)14-18-12-16-5-7-17(18)11-16/h1,4,6,8,13,16-18H,2-3,5,7,9-12,14H2,(H,30,31). The third-order valence-electron chi connectivity index (χ3n) is 6.81. The van der Waals surface area contributed by atoms with Gasteiger partial charge >= 0.3 is 12.3 Å². The van der Waals surface area contributed by atoms with Crippen LogP contribution in [0.1, 0.15) is 43.2 Å². The topological polar surface area (TPSA) is 49.8 Å². The molecule has 180 valence electrons. The van der Waals surface area contributed by atoms with Crippen LogP contribution in [0.2, 0.25) is 0 Å². The molecule has 1 heterocycles. The van der Waals surface area contributed by atoms with Gasteiger partial charge in [-0.05, 0) is 79.4 Å². The van der Waals surface area contributed by atoms with Gasteiger partial charge in [-0.15, -0.1) is 11.8 Å². The lowest BCUT2D eigenvalue weighted by atomic mass is 9.88. The van der Waals surface area contributed by atoms with Crippen LogP contribution in [0.5, 0.6) is 0 Å². The first kappa shape index (κ1) is 24.0. The third-order valence-corrected chi connectivity index (χ3v) is 8.04. The molecule has 2 fully saturated rings. The van der Waals surface area contributed by atoms with E-state index in [9.17, 15) is 22.4 Å². The Labute approximate surface area is 194 Å². The molecule has 0 aromatic heterocycles. The van der Waals surface area contributed by atoms with Gasteiger partial charge in [0.25, 0.3) is 0 Å². The number of thioether (sulfide) groups is 1. The summed E-state index contributed by atoms with van der Waals surface area (Å²) in [5, 5.41) is 9.90. The summed E-state index contributed by atoms with van der Waals surface area (Å²) in [6.07, 6.45) is 3.46. The minimum atomic E-state index is -4.72. The van der Waals surface area contributed by atoms with Gasteiger partial charge in [-0.2, -0.15) is 13.2 Å². The van der Waals surface area contributed by atoms with Crippen LogP contribution in [0.3, 0.4) is 0 Å². The molecule has 4 rings (SSSR count). The van der Waals surface area contributed by atoms with Crippen LogP contribution in [0, 0.1) is 23.6 Å². The predicted molar refractivity (Wildman–Crippen MR) is 118 cm³/mol. The van der Waals surface area contributed by atoms with Gasteiger partial charge in [0.2, 0.25) is 0 Å². The molecular formula is C24H27F4NO3S. The molecule has 1 aliphatic heterocycles. The fourth-order valence-electron chi connectivity index (χ4n) is 5.36. The summed E-state index contributed by atoms with van der Waals surface area (Å²) >= 11 is 1.46. The largest absolute Gasteiger partial charge is 0.511 e. The second-order valence-electron chi connectivity index (χ2n) is 9.04. The maximum atomic E-state index is 13.5. The summed E-state index contributed by atoms with van der Waals surface area (Å²) in [5.74, 6) is 1.73. The zero-order chi connectivity index (χ0) is 23.6. The van der Waals surface area contributed by atoms with E-state index in [4.69, 9.17) is 9.84 Å². The number of aryl methyl sites for hydroxylation is 1. The normalized spacial score (nSPS) is 24.6. The number of carboxylic acid groups (broad SMARTS) is 1. The van der Waals surface area contributed by atoms with E-state index in [1.807, 2.05) is 6.08 Å². The van der Waals surface area contributed by atoms with Gasteiger partial charge in [0.15, 0.2) is 5.76 Å². The highest BCUT2D eigenvalue weighted by Crippen LogP contribution is 2.49. The minimum Gasteiger partial charge on any atom is -0.449 e. The Hall–Kier alpha value is -2.16. The molecule has 0 saturated heterocycles. The maximum Gasteiger partial charge on any atom is 0.511 e. The Morgan fingerprint density at radius 1 is 1.24 bits per heavy atom. The van der Waals surface area contributed by atoms with Gasteiger partial charge in [0.05, 0.1) is 5.56 Å². The molecule has 0 radical (unpaired) electrons. The van der Waals surface area contributed by atoms with Crippen molar-refractivity contribution in [3.05, 3.63) is 58.1 Å². The number of benzene rings is 1. The molecule has 0 amide bonds. The SMILES string of the molecule is O=C(O)OC1=C(SCCCc2ccc(F)c(C(F)(F)F)c2)N(CC2CC3CCC2C3)CC=C1. The van der Waals surface area contributed by atoms with E-state index in [0.29, 0.717) is 42.4 Å². The number of rotatable bonds is 8. The van der Waals surface area contributed by atoms with Crippen molar-refractivity contribution >= 4 is 17.9 Å². The maximum absolute atomic E-state index is 13.5. The zero-order valence-corrected chi connectivity index (χ0v) is 18.9. The van der Waals surface area contributed by atoms with E-state index in [1.54, 1.807) is 6.08 Å². The summed E-state index contributed by atoms with van der Waals surface area (Å²) < 4.78 is 57.4. The van der Waals surface area contributed by atoms with Crippen molar-refractivity contribution in [2.24, 2.45) is 17.8 Å². The fourth-order valence-corrected chi connectivity index (χ4v) is 6.43. The van der Waals surface area contributed by atoms with E-state index in [0.717, 1.165) is 35.5 Å². The van der Waals surface area contributed by atoms with Gasteiger partial charge in [-0.3, -0.25) is 0 Å². The van der Waals surface area contributed by atoms with Crippen LogP contribution >= 0.6 is 11.8 Å². The van der Waals surface area contributed by atoms with Gasteiger partial charge in [-0.25, -0.2) is 9.18 Å². The zero-order valence-electron chi connectivity index (χ0n) is 18.1.